The van der Waals surface area contributed by atoms with Gasteiger partial charge in [-0.1, -0.05) is 27.7 Å². The van der Waals surface area contributed by atoms with Gasteiger partial charge in [0.05, 0.1) is 0 Å². The van der Waals surface area contributed by atoms with Crippen LogP contribution in [0, 0.1) is 5.41 Å². The molecule has 0 aliphatic heterocycles. The number of nitrogens with one attached hydrogen (secondary N) is 1. The molecule has 0 fully saturated rings. The lowest BCUT2D eigenvalue weighted by molar-refractivity contribution is -0.140. The molecule has 0 aliphatic rings. The smallest absolute Gasteiger partial charge is 0.250 e. The van der Waals surface area contributed by atoms with E-state index in [4.69, 9.17) is 4.74 Å². The first-order chi connectivity index (χ1) is 12.1. The van der Waals surface area contributed by atoms with Crippen molar-refractivity contribution in [2.45, 2.75) is 40.7 Å². The summed E-state index contributed by atoms with van der Waals surface area (Å²) in [5.74, 6) is -0.0786. The molecule has 0 spiro atoms. The Morgan fingerprint density at radius 1 is 1.19 bits per heavy atom. The Bertz CT molecular complexity index is 621. The van der Waals surface area contributed by atoms with E-state index in [1.165, 1.54) is 7.11 Å². The zero-order chi connectivity index (χ0) is 19.9. The Balaban J connectivity index is 3.16. The second-order valence-electron chi connectivity index (χ2n) is 7.70. The van der Waals surface area contributed by atoms with Gasteiger partial charge in [0.25, 0.3) is 0 Å². The van der Waals surface area contributed by atoms with Crippen molar-refractivity contribution in [2.24, 2.45) is 5.41 Å². The van der Waals surface area contributed by atoms with Gasteiger partial charge >= 0.3 is 0 Å². The van der Waals surface area contributed by atoms with Crippen LogP contribution in [-0.2, 0) is 20.9 Å². The fourth-order valence-electron chi connectivity index (χ4n) is 2.76. The summed E-state index contributed by atoms with van der Waals surface area (Å²) >= 11 is 0. The van der Waals surface area contributed by atoms with Crippen molar-refractivity contribution in [3.05, 3.63) is 23.8 Å². The molecular formula is C20H33N3O3. The fourth-order valence-corrected chi connectivity index (χ4v) is 2.76. The number of hydrogen-bond donors (Lipinski definition) is 1. The maximum atomic E-state index is 12.8. The minimum absolute atomic E-state index is 0.00916. The van der Waals surface area contributed by atoms with Crippen LogP contribution >= 0.6 is 0 Å². The molecule has 0 heterocycles. The highest BCUT2D eigenvalue weighted by atomic mass is 16.5. The summed E-state index contributed by atoms with van der Waals surface area (Å²) < 4.78 is 4.86. The van der Waals surface area contributed by atoms with E-state index >= 15 is 0 Å². The van der Waals surface area contributed by atoms with Gasteiger partial charge < -0.3 is 19.9 Å². The summed E-state index contributed by atoms with van der Waals surface area (Å²) in [6.45, 7) is 9.09. The Hall–Kier alpha value is -2.08. The third kappa shape index (κ3) is 6.33. The number of carbonyl (C=O) groups is 2. The average molecular weight is 364 g/mol. The molecule has 146 valence electrons. The number of hydrogen-bond acceptors (Lipinski definition) is 4. The van der Waals surface area contributed by atoms with Gasteiger partial charge in [0.2, 0.25) is 11.8 Å². The van der Waals surface area contributed by atoms with Crippen molar-refractivity contribution in [3.8, 4) is 0 Å². The van der Waals surface area contributed by atoms with Crippen LogP contribution in [0.1, 0.15) is 39.7 Å². The number of nitrogens with zero attached hydrogens (tertiary/aromatic N) is 2. The van der Waals surface area contributed by atoms with Crippen LogP contribution in [0.25, 0.3) is 0 Å². The molecule has 1 rings (SSSR count). The van der Waals surface area contributed by atoms with Gasteiger partial charge in [0.15, 0.2) is 0 Å². The highest BCUT2D eigenvalue weighted by Crippen LogP contribution is 2.27. The minimum Gasteiger partial charge on any atom is -0.377 e. The Labute approximate surface area is 157 Å². The minimum atomic E-state index is -0.433. The molecule has 0 saturated carbocycles. The van der Waals surface area contributed by atoms with Gasteiger partial charge in [-0.3, -0.25) is 9.59 Å². The molecule has 6 heteroatoms. The topological polar surface area (TPSA) is 61.9 Å². The van der Waals surface area contributed by atoms with Crippen molar-refractivity contribution < 1.29 is 14.3 Å². The van der Waals surface area contributed by atoms with E-state index in [1.54, 1.807) is 0 Å². The maximum absolute atomic E-state index is 12.8. The maximum Gasteiger partial charge on any atom is 0.250 e. The quantitative estimate of drug-likeness (QED) is 0.771. The van der Waals surface area contributed by atoms with E-state index in [0.29, 0.717) is 18.8 Å². The van der Waals surface area contributed by atoms with Crippen LogP contribution in [0.5, 0.6) is 0 Å². The highest BCUT2D eigenvalue weighted by Gasteiger charge is 2.27. The number of carbonyl (C=O) groups excluding carboxylic acids is 2. The van der Waals surface area contributed by atoms with E-state index in [9.17, 15) is 9.59 Å². The largest absolute Gasteiger partial charge is 0.377 e. The first-order valence-electron chi connectivity index (χ1n) is 8.98. The lowest BCUT2D eigenvalue weighted by Crippen LogP contribution is -2.39. The van der Waals surface area contributed by atoms with E-state index in [0.717, 1.165) is 17.7 Å². The first-order valence-corrected chi connectivity index (χ1v) is 8.98. The van der Waals surface area contributed by atoms with Gasteiger partial charge in [0.1, 0.15) is 6.61 Å². The summed E-state index contributed by atoms with van der Waals surface area (Å²) in [5, 5.41) is 2.83. The molecule has 26 heavy (non-hydrogen) atoms. The molecule has 0 unspecified atom stereocenters. The molecule has 0 radical (unpaired) electrons. The zero-order valence-corrected chi connectivity index (χ0v) is 17.2. The van der Waals surface area contributed by atoms with Crippen molar-refractivity contribution in [2.75, 3.05) is 44.6 Å². The molecule has 2 amide bonds. The lowest BCUT2D eigenvalue weighted by atomic mass is 9.94. The van der Waals surface area contributed by atoms with Crippen LogP contribution in [0.4, 0.5) is 11.4 Å². The third-order valence-electron chi connectivity index (χ3n) is 3.90. The number of methoxy groups -OCH3 is 1. The number of amides is 2. The molecule has 0 aliphatic carbocycles. The standard InChI is InChI=1S/C20H33N3O3/c1-8-11-23(19(25)20(2,3)4)13-15-12-16(21-18(24)14-26-7)9-10-17(15)22(5)6/h9-10,12H,8,11,13-14H2,1-7H3,(H,21,24). The molecular weight excluding hydrogens is 330 g/mol. The van der Waals surface area contributed by atoms with Gasteiger partial charge in [-0.05, 0) is 30.2 Å². The summed E-state index contributed by atoms with van der Waals surface area (Å²) in [6, 6.07) is 5.76. The molecule has 1 N–H and O–H groups in total. The summed E-state index contributed by atoms with van der Waals surface area (Å²) in [4.78, 5) is 28.5. The normalized spacial score (nSPS) is 11.2. The summed E-state index contributed by atoms with van der Waals surface area (Å²) in [6.07, 6.45) is 0.892. The Kier molecular flexibility index (Phi) is 8.08. The van der Waals surface area contributed by atoms with Crippen molar-refractivity contribution in [1.82, 2.24) is 4.90 Å². The van der Waals surface area contributed by atoms with Gasteiger partial charge in [0, 0.05) is 51.1 Å². The zero-order valence-electron chi connectivity index (χ0n) is 17.2. The monoisotopic (exact) mass is 363 g/mol. The number of benzene rings is 1. The second kappa shape index (κ2) is 9.57. The molecule has 0 aromatic heterocycles. The van der Waals surface area contributed by atoms with Crippen LogP contribution in [0.2, 0.25) is 0 Å². The first kappa shape index (κ1) is 22.0. The van der Waals surface area contributed by atoms with E-state index in [1.807, 2.05) is 62.9 Å². The van der Waals surface area contributed by atoms with Crippen LogP contribution in [0.3, 0.4) is 0 Å². The average Bonchev–Trinajstić information content (AvgIpc) is 2.53. The van der Waals surface area contributed by atoms with E-state index < -0.39 is 5.41 Å². The van der Waals surface area contributed by atoms with E-state index in [2.05, 4.69) is 12.2 Å². The lowest BCUT2D eigenvalue weighted by Gasteiger charge is -2.31. The van der Waals surface area contributed by atoms with E-state index in [-0.39, 0.29) is 18.4 Å². The molecule has 0 bridgehead atoms. The second-order valence-corrected chi connectivity index (χ2v) is 7.70. The molecule has 1 aromatic rings. The molecule has 0 saturated heterocycles. The van der Waals surface area contributed by atoms with Gasteiger partial charge in [-0.15, -0.1) is 0 Å². The number of anilines is 2. The number of ether oxygens (including phenoxy) is 1. The molecule has 6 nitrogen and oxygen atoms in total. The van der Waals surface area contributed by atoms with Crippen molar-refractivity contribution >= 4 is 23.2 Å². The van der Waals surface area contributed by atoms with Crippen molar-refractivity contribution in [3.63, 3.8) is 0 Å². The summed E-state index contributed by atoms with van der Waals surface area (Å²) in [5.41, 5.74) is 2.29. The third-order valence-corrected chi connectivity index (χ3v) is 3.90. The Morgan fingerprint density at radius 3 is 2.35 bits per heavy atom. The van der Waals surface area contributed by atoms with Gasteiger partial charge in [-0.25, -0.2) is 0 Å². The summed E-state index contributed by atoms with van der Waals surface area (Å²) in [7, 11) is 5.43. The van der Waals surface area contributed by atoms with Gasteiger partial charge in [-0.2, -0.15) is 0 Å². The SMILES string of the molecule is CCCN(Cc1cc(NC(=O)COC)ccc1N(C)C)C(=O)C(C)(C)C. The van der Waals surface area contributed by atoms with Crippen LogP contribution in [0.15, 0.2) is 18.2 Å². The molecule has 1 aromatic carbocycles. The van der Waals surface area contributed by atoms with Crippen LogP contribution < -0.4 is 10.2 Å². The highest BCUT2D eigenvalue weighted by molar-refractivity contribution is 5.92. The molecule has 0 atom stereocenters. The van der Waals surface area contributed by atoms with Crippen LogP contribution in [-0.4, -0.2) is 51.1 Å². The number of rotatable bonds is 8. The predicted octanol–water partition coefficient (Wildman–Crippen LogP) is 3.12. The predicted molar refractivity (Wildman–Crippen MR) is 106 cm³/mol. The fraction of sp³-hybridized carbons (Fsp3) is 0.600. The van der Waals surface area contributed by atoms with Crippen molar-refractivity contribution in [1.29, 1.82) is 0 Å². The Morgan fingerprint density at radius 2 is 1.85 bits per heavy atom.